The largest absolute Gasteiger partial charge is 0.417 e. The number of hydrogen-bond acceptors (Lipinski definition) is 7. The van der Waals surface area contributed by atoms with Crippen molar-refractivity contribution in [2.75, 3.05) is 56.2 Å². The lowest BCUT2D eigenvalue weighted by Crippen LogP contribution is -2.49. The highest BCUT2D eigenvalue weighted by atomic mass is 19.4. The Balaban J connectivity index is 1.33. The number of rotatable bonds is 8. The zero-order valence-corrected chi connectivity index (χ0v) is 17.6. The van der Waals surface area contributed by atoms with Gasteiger partial charge >= 0.3 is 6.18 Å². The van der Waals surface area contributed by atoms with Gasteiger partial charge < -0.3 is 19.9 Å². The predicted molar refractivity (Wildman–Crippen MR) is 112 cm³/mol. The predicted octanol–water partition coefficient (Wildman–Crippen LogP) is 1.66. The van der Waals surface area contributed by atoms with E-state index in [0.717, 1.165) is 12.3 Å². The van der Waals surface area contributed by atoms with Gasteiger partial charge in [0.25, 0.3) is 5.56 Å². The van der Waals surface area contributed by atoms with E-state index < -0.39 is 11.7 Å². The highest BCUT2D eigenvalue weighted by Crippen LogP contribution is 2.29. The van der Waals surface area contributed by atoms with Gasteiger partial charge in [-0.3, -0.25) is 9.59 Å². The van der Waals surface area contributed by atoms with Gasteiger partial charge in [-0.25, -0.2) is 10.1 Å². The number of pyridine rings is 1. The van der Waals surface area contributed by atoms with Crippen LogP contribution < -0.4 is 15.8 Å². The molecule has 2 aromatic rings. The second-order valence-corrected chi connectivity index (χ2v) is 7.30. The van der Waals surface area contributed by atoms with Crippen molar-refractivity contribution in [1.29, 1.82) is 0 Å². The summed E-state index contributed by atoms with van der Waals surface area (Å²) >= 11 is 0. The Morgan fingerprint density at radius 3 is 2.59 bits per heavy atom. The molecule has 0 radical (unpaired) electrons. The molecule has 3 rings (SSSR count). The van der Waals surface area contributed by atoms with Crippen molar-refractivity contribution in [2.45, 2.75) is 19.5 Å². The molecule has 1 saturated heterocycles. The molecular formula is C20H25F3N6O3. The summed E-state index contributed by atoms with van der Waals surface area (Å²) in [5.74, 6) is 0.430. The van der Waals surface area contributed by atoms with Crippen molar-refractivity contribution < 1.29 is 22.7 Å². The molecule has 12 heteroatoms. The van der Waals surface area contributed by atoms with E-state index in [1.54, 1.807) is 11.8 Å². The minimum absolute atomic E-state index is 0.0346. The number of halogens is 3. The van der Waals surface area contributed by atoms with E-state index >= 15 is 0 Å². The number of piperazine rings is 1. The fraction of sp³-hybridized carbons (Fsp3) is 0.500. The number of alkyl halides is 3. The fourth-order valence-electron chi connectivity index (χ4n) is 3.24. The first-order chi connectivity index (χ1) is 15.3. The topological polar surface area (TPSA) is 103 Å². The molecule has 174 valence electrons. The zero-order valence-electron chi connectivity index (χ0n) is 17.6. The highest BCUT2D eigenvalue weighted by molar-refractivity contribution is 5.76. The van der Waals surface area contributed by atoms with Crippen LogP contribution in [-0.4, -0.2) is 71.9 Å². The standard InChI is InChI=1S/C20H25F3N6O3/c1-14-16(13-26-27-19(14)31)24-5-11-32-10-4-18(30)29-8-6-28(7-9-29)17-3-2-15(12-25-17)20(21,22)23/h2-3,12-13H,4-11H2,1H3,(H2,24,27,31). The van der Waals surface area contributed by atoms with Gasteiger partial charge in [0.1, 0.15) is 5.82 Å². The molecule has 1 fully saturated rings. The van der Waals surface area contributed by atoms with Crippen molar-refractivity contribution in [2.24, 2.45) is 0 Å². The van der Waals surface area contributed by atoms with Gasteiger partial charge in [0.15, 0.2) is 0 Å². The maximum atomic E-state index is 12.7. The smallest absolute Gasteiger partial charge is 0.381 e. The lowest BCUT2D eigenvalue weighted by molar-refractivity contribution is -0.138. The van der Waals surface area contributed by atoms with Crippen molar-refractivity contribution in [3.05, 3.63) is 46.0 Å². The van der Waals surface area contributed by atoms with Crippen molar-refractivity contribution in [1.82, 2.24) is 20.1 Å². The minimum Gasteiger partial charge on any atom is -0.381 e. The second kappa shape index (κ2) is 10.4. The lowest BCUT2D eigenvalue weighted by Gasteiger charge is -2.35. The Morgan fingerprint density at radius 2 is 1.94 bits per heavy atom. The molecule has 0 aliphatic carbocycles. The summed E-state index contributed by atoms with van der Waals surface area (Å²) in [7, 11) is 0. The van der Waals surface area contributed by atoms with Crippen LogP contribution in [0.3, 0.4) is 0 Å². The van der Waals surface area contributed by atoms with E-state index in [2.05, 4.69) is 20.5 Å². The van der Waals surface area contributed by atoms with E-state index in [1.807, 2.05) is 4.90 Å². The number of anilines is 2. The number of nitrogens with one attached hydrogen (secondary N) is 2. The number of carbonyl (C=O) groups excluding carboxylic acids is 1. The maximum Gasteiger partial charge on any atom is 0.417 e. The highest BCUT2D eigenvalue weighted by Gasteiger charge is 2.31. The summed E-state index contributed by atoms with van der Waals surface area (Å²) in [6.45, 7) is 4.74. The van der Waals surface area contributed by atoms with Crippen molar-refractivity contribution in [3.8, 4) is 0 Å². The van der Waals surface area contributed by atoms with Crippen LogP contribution in [0.15, 0.2) is 29.3 Å². The first-order valence-corrected chi connectivity index (χ1v) is 10.2. The number of amides is 1. The number of aromatic amines is 1. The quantitative estimate of drug-likeness (QED) is 0.585. The van der Waals surface area contributed by atoms with Crippen molar-refractivity contribution in [3.63, 3.8) is 0 Å². The molecule has 2 N–H and O–H groups in total. The first-order valence-electron chi connectivity index (χ1n) is 10.2. The first kappa shape index (κ1) is 23.5. The number of nitrogens with zero attached hydrogens (tertiary/aromatic N) is 4. The van der Waals surface area contributed by atoms with Gasteiger partial charge in [-0.15, -0.1) is 0 Å². The summed E-state index contributed by atoms with van der Waals surface area (Å²) in [6, 6.07) is 2.37. The number of hydrogen-bond donors (Lipinski definition) is 2. The average Bonchev–Trinajstić information content (AvgIpc) is 2.78. The van der Waals surface area contributed by atoms with E-state index in [-0.39, 0.29) is 24.5 Å². The number of aromatic nitrogens is 3. The van der Waals surface area contributed by atoms with Crippen LogP contribution in [0.2, 0.25) is 0 Å². The summed E-state index contributed by atoms with van der Waals surface area (Å²) in [5, 5.41) is 9.14. The summed E-state index contributed by atoms with van der Waals surface area (Å²) in [6.07, 6.45) is -1.82. The molecule has 0 unspecified atom stereocenters. The van der Waals surface area contributed by atoms with E-state index in [0.29, 0.717) is 56.4 Å². The minimum atomic E-state index is -4.41. The summed E-state index contributed by atoms with van der Waals surface area (Å²) < 4.78 is 43.4. The fourth-order valence-corrected chi connectivity index (χ4v) is 3.24. The maximum absolute atomic E-state index is 12.7. The van der Waals surface area contributed by atoms with Crippen LogP contribution in [0.4, 0.5) is 24.7 Å². The van der Waals surface area contributed by atoms with Gasteiger partial charge in [0.05, 0.1) is 37.1 Å². The third kappa shape index (κ3) is 6.19. The van der Waals surface area contributed by atoms with Gasteiger partial charge in [-0.05, 0) is 19.1 Å². The molecule has 0 spiro atoms. The van der Waals surface area contributed by atoms with E-state index in [9.17, 15) is 22.8 Å². The molecule has 3 heterocycles. The summed E-state index contributed by atoms with van der Waals surface area (Å²) in [4.78, 5) is 31.3. The van der Waals surface area contributed by atoms with Crippen LogP contribution in [0.25, 0.3) is 0 Å². The third-order valence-corrected chi connectivity index (χ3v) is 5.16. The van der Waals surface area contributed by atoms with Crippen molar-refractivity contribution >= 4 is 17.4 Å². The average molecular weight is 454 g/mol. The molecule has 0 aromatic carbocycles. The lowest BCUT2D eigenvalue weighted by atomic mass is 10.2. The van der Waals surface area contributed by atoms with Gasteiger partial charge in [0.2, 0.25) is 5.91 Å². The monoisotopic (exact) mass is 454 g/mol. The second-order valence-electron chi connectivity index (χ2n) is 7.30. The Hall–Kier alpha value is -3.15. The Morgan fingerprint density at radius 1 is 1.19 bits per heavy atom. The van der Waals surface area contributed by atoms with Gasteiger partial charge in [0, 0.05) is 44.5 Å². The van der Waals surface area contributed by atoms with Crippen LogP contribution >= 0.6 is 0 Å². The van der Waals surface area contributed by atoms with Crippen LogP contribution in [-0.2, 0) is 15.7 Å². The molecule has 32 heavy (non-hydrogen) atoms. The van der Waals surface area contributed by atoms with E-state index in [4.69, 9.17) is 4.74 Å². The third-order valence-electron chi connectivity index (χ3n) is 5.16. The Kier molecular flexibility index (Phi) is 7.67. The van der Waals surface area contributed by atoms with Crippen LogP contribution in [0.1, 0.15) is 17.5 Å². The molecule has 1 aliphatic heterocycles. The molecule has 0 atom stereocenters. The van der Waals surface area contributed by atoms with Gasteiger partial charge in [-0.2, -0.15) is 18.3 Å². The Labute approximate surface area is 182 Å². The van der Waals surface area contributed by atoms with E-state index in [1.165, 1.54) is 12.3 Å². The number of ether oxygens (including phenoxy) is 1. The van der Waals surface area contributed by atoms with Crippen LogP contribution in [0.5, 0.6) is 0 Å². The molecule has 0 saturated carbocycles. The molecular weight excluding hydrogens is 429 g/mol. The molecule has 9 nitrogen and oxygen atoms in total. The molecule has 0 bridgehead atoms. The number of H-pyrrole nitrogens is 1. The normalized spacial score (nSPS) is 14.5. The molecule has 2 aromatic heterocycles. The molecule has 1 amide bonds. The zero-order chi connectivity index (χ0) is 23.1. The van der Waals surface area contributed by atoms with Gasteiger partial charge in [-0.1, -0.05) is 0 Å². The molecule has 1 aliphatic rings. The SMILES string of the molecule is Cc1c(NCCOCCC(=O)N2CCN(c3ccc(C(F)(F)F)cn3)CC2)cn[nH]c1=O. The summed E-state index contributed by atoms with van der Waals surface area (Å²) in [5.41, 5.74) is 0.139. The number of carbonyl (C=O) groups is 1. The van der Waals surface area contributed by atoms with Crippen LogP contribution in [0, 0.1) is 6.92 Å². The Bertz CT molecular complexity index is 956.